The molecule has 0 spiro atoms. The van der Waals surface area contributed by atoms with E-state index in [-0.39, 0.29) is 0 Å². The molecule has 0 saturated carbocycles. The van der Waals surface area contributed by atoms with E-state index in [1.165, 1.54) is 5.56 Å². The van der Waals surface area contributed by atoms with Crippen molar-refractivity contribution < 1.29 is 0 Å². The lowest BCUT2D eigenvalue weighted by molar-refractivity contribution is 0.834. The molecular formula is C20H22N6S. The second kappa shape index (κ2) is 7.92. The van der Waals surface area contributed by atoms with Crippen LogP contribution in [0.1, 0.15) is 36.1 Å². The first-order valence-electron chi connectivity index (χ1n) is 9.10. The molecule has 4 rings (SSSR count). The maximum Gasteiger partial charge on any atom is 0.239 e. The van der Waals surface area contributed by atoms with E-state index in [0.29, 0.717) is 5.25 Å². The Balaban J connectivity index is 1.51. The Hall–Kier alpha value is -2.67. The van der Waals surface area contributed by atoms with Crippen molar-refractivity contribution in [1.82, 2.24) is 24.7 Å². The Morgan fingerprint density at radius 3 is 2.85 bits per heavy atom. The van der Waals surface area contributed by atoms with Crippen molar-refractivity contribution in [2.75, 3.05) is 4.72 Å². The molecule has 7 heteroatoms. The summed E-state index contributed by atoms with van der Waals surface area (Å²) >= 11 is 1.62. The van der Waals surface area contributed by atoms with Crippen LogP contribution in [0, 0.1) is 6.92 Å². The molecule has 0 radical (unpaired) electrons. The van der Waals surface area contributed by atoms with Crippen LogP contribution in [-0.4, -0.2) is 30.0 Å². The zero-order valence-electron chi connectivity index (χ0n) is 15.5. The van der Waals surface area contributed by atoms with E-state index in [0.717, 1.165) is 48.1 Å². The SMILES string of the molecule is Cc1cnc(CC(C)SNc2nnc3n2-c2ccccc2/C=C\CC3)nc1. The molecule has 1 N–H and O–H groups in total. The summed E-state index contributed by atoms with van der Waals surface area (Å²) < 4.78 is 5.53. The molecule has 27 heavy (non-hydrogen) atoms. The zero-order chi connectivity index (χ0) is 18.6. The van der Waals surface area contributed by atoms with Gasteiger partial charge in [0.05, 0.1) is 5.69 Å². The predicted molar refractivity (Wildman–Crippen MR) is 110 cm³/mol. The van der Waals surface area contributed by atoms with Gasteiger partial charge in [0.15, 0.2) is 0 Å². The number of aryl methyl sites for hydroxylation is 2. The van der Waals surface area contributed by atoms with Gasteiger partial charge in [-0.15, -0.1) is 10.2 Å². The van der Waals surface area contributed by atoms with Gasteiger partial charge in [0, 0.05) is 30.5 Å². The molecule has 1 aromatic carbocycles. The highest BCUT2D eigenvalue weighted by molar-refractivity contribution is 8.01. The first-order valence-corrected chi connectivity index (χ1v) is 9.98. The number of benzene rings is 1. The summed E-state index contributed by atoms with van der Waals surface area (Å²) in [4.78, 5) is 8.79. The molecule has 3 aromatic rings. The molecule has 1 aliphatic rings. The van der Waals surface area contributed by atoms with Crippen LogP contribution in [0.3, 0.4) is 0 Å². The smallest absolute Gasteiger partial charge is 0.239 e. The van der Waals surface area contributed by atoms with Gasteiger partial charge in [-0.25, -0.2) is 9.97 Å². The normalized spacial score (nSPS) is 15.2. The van der Waals surface area contributed by atoms with Crippen LogP contribution in [0.25, 0.3) is 11.8 Å². The number of hydrogen-bond donors (Lipinski definition) is 1. The average Bonchev–Trinajstić information content (AvgIpc) is 3.06. The Kier molecular flexibility index (Phi) is 5.20. The predicted octanol–water partition coefficient (Wildman–Crippen LogP) is 4.02. The van der Waals surface area contributed by atoms with Crippen LogP contribution >= 0.6 is 11.9 Å². The third-order valence-electron chi connectivity index (χ3n) is 4.40. The van der Waals surface area contributed by atoms with Crippen molar-refractivity contribution in [2.45, 2.75) is 38.4 Å². The Morgan fingerprint density at radius 1 is 1.19 bits per heavy atom. The lowest BCUT2D eigenvalue weighted by Crippen LogP contribution is -2.11. The largest absolute Gasteiger partial charge is 0.298 e. The van der Waals surface area contributed by atoms with E-state index in [9.17, 15) is 0 Å². The highest BCUT2D eigenvalue weighted by Crippen LogP contribution is 2.27. The van der Waals surface area contributed by atoms with Gasteiger partial charge in [0.1, 0.15) is 11.6 Å². The van der Waals surface area contributed by atoms with Crippen LogP contribution < -0.4 is 4.72 Å². The number of allylic oxidation sites excluding steroid dienone is 1. The fourth-order valence-electron chi connectivity index (χ4n) is 3.03. The van der Waals surface area contributed by atoms with Crippen LogP contribution in [0.4, 0.5) is 5.95 Å². The van der Waals surface area contributed by atoms with Crippen LogP contribution in [0.15, 0.2) is 42.7 Å². The number of nitrogens with one attached hydrogen (secondary N) is 1. The summed E-state index contributed by atoms with van der Waals surface area (Å²) in [6.07, 6.45) is 10.7. The molecule has 1 atom stereocenters. The van der Waals surface area contributed by atoms with Gasteiger partial charge in [-0.2, -0.15) is 0 Å². The van der Waals surface area contributed by atoms with E-state index >= 15 is 0 Å². The lowest BCUT2D eigenvalue weighted by atomic mass is 10.1. The van der Waals surface area contributed by atoms with Gasteiger partial charge in [-0.3, -0.25) is 9.29 Å². The molecule has 0 saturated heterocycles. The molecule has 3 heterocycles. The topological polar surface area (TPSA) is 68.5 Å². The van der Waals surface area contributed by atoms with Crippen molar-refractivity contribution >= 4 is 24.0 Å². The van der Waals surface area contributed by atoms with E-state index in [1.54, 1.807) is 11.9 Å². The number of hydrogen-bond acceptors (Lipinski definition) is 6. The fourth-order valence-corrected chi connectivity index (χ4v) is 3.70. The summed E-state index contributed by atoms with van der Waals surface area (Å²) in [6, 6.07) is 8.33. The van der Waals surface area contributed by atoms with Gasteiger partial charge < -0.3 is 0 Å². The highest BCUT2D eigenvalue weighted by atomic mass is 32.2. The quantitative estimate of drug-likeness (QED) is 0.677. The molecule has 1 aliphatic heterocycles. The minimum atomic E-state index is 0.296. The van der Waals surface area contributed by atoms with Gasteiger partial charge >= 0.3 is 0 Å². The molecule has 0 fully saturated rings. The lowest BCUT2D eigenvalue weighted by Gasteiger charge is -2.16. The second-order valence-corrected chi connectivity index (χ2v) is 7.93. The van der Waals surface area contributed by atoms with Gasteiger partial charge in [0.25, 0.3) is 0 Å². The summed E-state index contributed by atoms with van der Waals surface area (Å²) in [5, 5.41) is 9.10. The standard InChI is InChI=1S/C20H22N6S/c1-14-12-21-18(22-13-14)11-15(2)27-25-20-24-23-19-10-6-4-8-16-7-3-5-9-17(16)26(19)20/h3-5,7-9,12-13,15H,6,10-11H2,1-2H3,(H,24,25)/b8-4-. The minimum absolute atomic E-state index is 0.296. The van der Waals surface area contributed by atoms with Crippen molar-refractivity contribution in [3.63, 3.8) is 0 Å². The third kappa shape index (κ3) is 4.03. The Bertz CT molecular complexity index is 947. The van der Waals surface area contributed by atoms with Crippen LogP contribution in [0.2, 0.25) is 0 Å². The van der Waals surface area contributed by atoms with E-state index in [1.807, 2.05) is 25.4 Å². The first kappa shape index (κ1) is 17.7. The van der Waals surface area contributed by atoms with E-state index in [4.69, 9.17) is 0 Å². The minimum Gasteiger partial charge on any atom is -0.298 e. The van der Waals surface area contributed by atoms with Gasteiger partial charge in [0.2, 0.25) is 5.95 Å². The summed E-state index contributed by atoms with van der Waals surface area (Å²) in [5.41, 5.74) is 3.35. The van der Waals surface area contributed by atoms with Gasteiger partial charge in [-0.05, 0) is 42.5 Å². The van der Waals surface area contributed by atoms with E-state index < -0.39 is 0 Å². The highest BCUT2D eigenvalue weighted by Gasteiger charge is 2.18. The first-order chi connectivity index (χ1) is 13.2. The monoisotopic (exact) mass is 378 g/mol. The zero-order valence-corrected chi connectivity index (χ0v) is 16.3. The number of rotatable bonds is 5. The van der Waals surface area contributed by atoms with Crippen molar-refractivity contribution in [3.05, 3.63) is 65.5 Å². The summed E-state index contributed by atoms with van der Waals surface area (Å²) in [6.45, 7) is 4.15. The van der Waals surface area contributed by atoms with Crippen molar-refractivity contribution in [3.8, 4) is 5.69 Å². The summed E-state index contributed by atoms with van der Waals surface area (Å²) in [5.74, 6) is 2.59. The maximum absolute atomic E-state index is 4.41. The number of aromatic nitrogens is 5. The fraction of sp³-hybridized carbons (Fsp3) is 0.300. The molecule has 1 unspecified atom stereocenters. The third-order valence-corrected chi connectivity index (χ3v) is 5.27. The number of para-hydroxylation sites is 1. The molecule has 6 nitrogen and oxygen atoms in total. The molecule has 0 aliphatic carbocycles. The number of fused-ring (bicyclic) bond motifs is 3. The molecule has 0 amide bonds. The summed E-state index contributed by atoms with van der Waals surface area (Å²) in [7, 11) is 0. The molecule has 0 bridgehead atoms. The Morgan fingerprint density at radius 2 is 2.00 bits per heavy atom. The van der Waals surface area contributed by atoms with E-state index in [2.05, 4.69) is 66.7 Å². The van der Waals surface area contributed by atoms with Crippen LogP contribution in [-0.2, 0) is 12.8 Å². The van der Waals surface area contributed by atoms with Crippen LogP contribution in [0.5, 0.6) is 0 Å². The molecule has 2 aromatic heterocycles. The molecular weight excluding hydrogens is 356 g/mol. The maximum atomic E-state index is 4.41. The van der Waals surface area contributed by atoms with Gasteiger partial charge in [-0.1, -0.05) is 37.3 Å². The van der Waals surface area contributed by atoms with Crippen molar-refractivity contribution in [2.24, 2.45) is 0 Å². The average molecular weight is 379 g/mol. The number of nitrogens with zero attached hydrogens (tertiary/aromatic N) is 5. The molecule has 138 valence electrons. The van der Waals surface area contributed by atoms with Crippen molar-refractivity contribution in [1.29, 1.82) is 0 Å². The second-order valence-electron chi connectivity index (χ2n) is 6.69. The number of anilines is 1. The Labute approximate surface area is 163 Å².